The smallest absolute Gasteiger partial charge is 0.333 e. The van der Waals surface area contributed by atoms with Gasteiger partial charge in [-0.15, -0.1) is 6.58 Å². The predicted molar refractivity (Wildman–Crippen MR) is 264 cm³/mol. The van der Waals surface area contributed by atoms with Crippen LogP contribution in [0.25, 0.3) is 0 Å². The Bertz CT molecular complexity index is 1920. The molecule has 4 aromatic rings. The third-order valence-corrected chi connectivity index (χ3v) is 34.8. The van der Waals surface area contributed by atoms with E-state index in [2.05, 4.69) is 207 Å². The van der Waals surface area contributed by atoms with Crippen LogP contribution < -0.4 is 20.7 Å². The molecule has 4 aromatic carbocycles. The van der Waals surface area contributed by atoms with Crippen molar-refractivity contribution >= 4 is 68.1 Å². The molecule has 0 saturated carbocycles. The van der Waals surface area contributed by atoms with Crippen LogP contribution in [-0.2, 0) is 22.5 Å². The van der Waals surface area contributed by atoms with Crippen molar-refractivity contribution < 1.29 is 22.5 Å². The SMILES string of the molecule is C=C[Si](C)(c1ccccc1)[C@@](C)(CC)O[Si](c1ccccc1)(c1ccccc1)C(C)(CC)O[Si](C)(CC[Si](C)(C)O[Si](C)(C)CCCOC(=O)C(=C)C)c1ccccc1. The Labute approximate surface area is 362 Å². The van der Waals surface area contributed by atoms with Crippen molar-refractivity contribution in [1.82, 2.24) is 0 Å². The Kier molecular flexibility index (Phi) is 16.5. The highest BCUT2D eigenvalue weighted by molar-refractivity contribution is 7.03. The molecule has 0 saturated heterocycles. The minimum atomic E-state index is -3.36. The highest BCUT2D eigenvalue weighted by atomic mass is 28.4. The van der Waals surface area contributed by atoms with Gasteiger partial charge in [0.05, 0.1) is 17.1 Å². The first-order chi connectivity index (χ1) is 27.8. The maximum Gasteiger partial charge on any atom is 0.333 e. The van der Waals surface area contributed by atoms with Crippen LogP contribution in [0.4, 0.5) is 0 Å². The normalized spacial score (nSPS) is 16.5. The molecule has 0 heterocycles. The van der Waals surface area contributed by atoms with E-state index < -0.39 is 51.8 Å². The standard InChI is InChI=1S/C49H72O5Si5/c1-14-48(6,57(12,16-3)43-30-21-17-22-31-43)53-59(45-34-25-19-26-35-45,46-36-27-20-28-37-46)49(7,15-2)52-58(13,44-32-23-18-24-33-44)41-40-56(10,11)54-55(8,9)39-29-38-51-47(50)42(4)5/h16-28,30-37H,3-4,14-15,29,38-41H2,1-2,5-13H3/t48-,49?,57?,58?/m0/s1. The topological polar surface area (TPSA) is 54.0 Å². The van der Waals surface area contributed by atoms with Crippen LogP contribution in [0.1, 0.15) is 53.9 Å². The van der Waals surface area contributed by atoms with Gasteiger partial charge >= 0.3 is 5.97 Å². The van der Waals surface area contributed by atoms with Gasteiger partial charge < -0.3 is 17.7 Å². The molecule has 0 aliphatic rings. The molecule has 4 atom stereocenters. The van der Waals surface area contributed by atoms with Gasteiger partial charge in [0, 0.05) is 5.57 Å². The van der Waals surface area contributed by atoms with Gasteiger partial charge in [-0.05, 0) is 106 Å². The van der Waals surface area contributed by atoms with Crippen molar-refractivity contribution in [1.29, 1.82) is 0 Å². The van der Waals surface area contributed by atoms with Crippen molar-refractivity contribution in [2.24, 2.45) is 0 Å². The lowest BCUT2D eigenvalue weighted by molar-refractivity contribution is -0.138. The van der Waals surface area contributed by atoms with Gasteiger partial charge in [0.2, 0.25) is 8.32 Å². The number of rotatable bonds is 23. The van der Waals surface area contributed by atoms with E-state index in [9.17, 15) is 4.79 Å². The molecule has 0 amide bonds. The predicted octanol–water partition coefficient (Wildman–Crippen LogP) is 10.3. The third-order valence-electron chi connectivity index (χ3n) is 12.8. The van der Waals surface area contributed by atoms with Crippen LogP contribution in [0.2, 0.25) is 57.4 Å². The molecule has 4 rings (SSSR count). The van der Waals surface area contributed by atoms with Crippen LogP contribution in [-0.4, -0.2) is 64.4 Å². The number of esters is 1. The molecular weight excluding hydrogens is 809 g/mol. The zero-order valence-electron chi connectivity index (χ0n) is 38.0. The first-order valence-corrected chi connectivity index (χ1v) is 34.9. The number of benzene rings is 4. The lowest BCUT2D eigenvalue weighted by atomic mass is 10.3. The Morgan fingerprint density at radius 1 is 0.610 bits per heavy atom. The van der Waals surface area contributed by atoms with E-state index in [4.69, 9.17) is 17.7 Å². The van der Waals surface area contributed by atoms with Crippen LogP contribution in [0, 0.1) is 0 Å². The van der Waals surface area contributed by atoms with Gasteiger partial charge in [0.1, 0.15) is 8.07 Å². The zero-order chi connectivity index (χ0) is 43.6. The molecule has 0 radical (unpaired) electrons. The summed E-state index contributed by atoms with van der Waals surface area (Å²) in [5.74, 6) is -0.325. The number of carbonyl (C=O) groups excluding carboxylic acids is 1. The van der Waals surface area contributed by atoms with Gasteiger partial charge in [-0.2, -0.15) is 0 Å². The van der Waals surface area contributed by atoms with Crippen molar-refractivity contribution in [2.75, 3.05) is 6.61 Å². The number of hydrogen-bond donors (Lipinski definition) is 0. The van der Waals surface area contributed by atoms with Gasteiger partial charge in [-0.1, -0.05) is 159 Å². The van der Waals surface area contributed by atoms with Crippen LogP contribution in [0.15, 0.2) is 146 Å². The maximum atomic E-state index is 12.0. The van der Waals surface area contributed by atoms with Gasteiger partial charge in [-0.25, -0.2) is 4.79 Å². The van der Waals surface area contributed by atoms with E-state index in [-0.39, 0.29) is 5.97 Å². The average Bonchev–Trinajstić information content (AvgIpc) is 3.23. The van der Waals surface area contributed by atoms with Crippen molar-refractivity contribution in [3.05, 3.63) is 146 Å². The summed E-state index contributed by atoms with van der Waals surface area (Å²) in [5, 5.41) is 3.83. The minimum absolute atomic E-state index is 0.325. The molecule has 59 heavy (non-hydrogen) atoms. The second-order valence-electron chi connectivity index (χ2n) is 18.3. The van der Waals surface area contributed by atoms with Gasteiger partial charge in [0.25, 0.3) is 8.32 Å². The molecule has 5 nitrogen and oxygen atoms in total. The van der Waals surface area contributed by atoms with Crippen LogP contribution in [0.3, 0.4) is 0 Å². The van der Waals surface area contributed by atoms with Crippen molar-refractivity contribution in [3.8, 4) is 0 Å². The molecule has 0 spiro atoms. The van der Waals surface area contributed by atoms with Crippen molar-refractivity contribution in [3.63, 3.8) is 0 Å². The molecule has 3 unspecified atom stereocenters. The summed E-state index contributed by atoms with van der Waals surface area (Å²) < 4.78 is 29.2. The summed E-state index contributed by atoms with van der Waals surface area (Å²) >= 11 is 0. The molecular formula is C49H72O5Si5. The lowest BCUT2D eigenvalue weighted by Crippen LogP contribution is -2.81. The fraction of sp³-hybridized carbons (Fsp3) is 0.408. The van der Waals surface area contributed by atoms with Crippen molar-refractivity contribution in [2.45, 2.75) is 122 Å². The summed E-state index contributed by atoms with van der Waals surface area (Å²) in [6.45, 7) is 33.8. The third kappa shape index (κ3) is 11.2. The number of hydrogen-bond acceptors (Lipinski definition) is 5. The highest BCUT2D eigenvalue weighted by Crippen LogP contribution is 2.41. The van der Waals surface area contributed by atoms with Gasteiger partial charge in [-0.3, -0.25) is 0 Å². The molecule has 0 aromatic heterocycles. The fourth-order valence-corrected chi connectivity index (χ4v) is 33.5. The monoisotopic (exact) mass is 880 g/mol. The van der Waals surface area contributed by atoms with Crippen LogP contribution in [0.5, 0.6) is 0 Å². The second-order valence-corrected chi connectivity index (χ2v) is 39.1. The summed E-state index contributed by atoms with van der Waals surface area (Å²) in [5.41, 5.74) is 2.67. The first-order valence-electron chi connectivity index (χ1n) is 21.5. The largest absolute Gasteiger partial charge is 0.462 e. The van der Waals surface area contributed by atoms with Crippen LogP contribution >= 0.6 is 0 Å². The van der Waals surface area contributed by atoms with E-state index in [1.165, 1.54) is 20.7 Å². The zero-order valence-corrected chi connectivity index (χ0v) is 43.0. The van der Waals surface area contributed by atoms with E-state index in [1.54, 1.807) is 6.92 Å². The Hall–Kier alpha value is -3.21. The van der Waals surface area contributed by atoms with E-state index in [0.29, 0.717) is 12.2 Å². The fourth-order valence-electron chi connectivity index (χ4n) is 8.77. The Morgan fingerprint density at radius 2 is 1.03 bits per heavy atom. The average molecular weight is 882 g/mol. The Morgan fingerprint density at radius 3 is 1.46 bits per heavy atom. The molecule has 0 aliphatic heterocycles. The molecule has 10 heteroatoms. The summed E-state index contributed by atoms with van der Waals surface area (Å²) in [4.78, 5) is 12.0. The molecule has 0 fully saturated rings. The minimum Gasteiger partial charge on any atom is -0.462 e. The lowest BCUT2D eigenvalue weighted by Gasteiger charge is -2.56. The van der Waals surface area contributed by atoms with Gasteiger partial charge in [0.15, 0.2) is 16.6 Å². The molecule has 0 bridgehead atoms. The molecule has 0 N–H and O–H groups in total. The summed E-state index contributed by atoms with van der Waals surface area (Å²) in [6.07, 6.45) is 2.38. The summed E-state index contributed by atoms with van der Waals surface area (Å²) in [7, 11) is -12.9. The van der Waals surface area contributed by atoms with E-state index >= 15 is 0 Å². The molecule has 318 valence electrons. The Balaban J connectivity index is 1.85. The maximum absolute atomic E-state index is 12.0. The van der Waals surface area contributed by atoms with E-state index in [1.807, 2.05) is 0 Å². The number of carbonyl (C=O) groups is 1. The molecule has 0 aliphatic carbocycles. The van der Waals surface area contributed by atoms with E-state index in [0.717, 1.165) is 37.4 Å². The quantitative estimate of drug-likeness (QED) is 0.0322. The highest BCUT2D eigenvalue weighted by Gasteiger charge is 2.62. The second kappa shape index (κ2) is 20.1. The number of ether oxygens (including phenoxy) is 1. The first kappa shape index (κ1) is 48.5. The summed E-state index contributed by atoms with van der Waals surface area (Å²) in [6, 6.07) is 46.8.